The van der Waals surface area contributed by atoms with E-state index in [1.807, 2.05) is 46.9 Å². The van der Waals surface area contributed by atoms with Gasteiger partial charge in [-0.3, -0.25) is 4.79 Å². The molecule has 2 N–H and O–H groups in total. The Morgan fingerprint density at radius 3 is 2.85 bits per heavy atom. The monoisotopic (exact) mass is 489 g/mol. The smallest absolute Gasteiger partial charge is 0.406 e. The van der Waals surface area contributed by atoms with E-state index in [0.29, 0.717) is 37.7 Å². The Hall–Kier alpha value is -2.62. The highest BCUT2D eigenvalue weighted by molar-refractivity contribution is 6.33. The topological polar surface area (TPSA) is 97.7 Å². The van der Waals surface area contributed by atoms with E-state index in [4.69, 9.17) is 21.3 Å². The number of aromatic nitrogens is 2. The molecule has 2 heterocycles. The molecule has 4 rings (SSSR count). The van der Waals surface area contributed by atoms with E-state index in [2.05, 4.69) is 15.4 Å². The van der Waals surface area contributed by atoms with Crippen LogP contribution in [0.5, 0.6) is 0 Å². The van der Waals surface area contributed by atoms with Gasteiger partial charge in [0.05, 0.1) is 30.5 Å². The second-order valence-electron chi connectivity index (χ2n) is 8.65. The summed E-state index contributed by atoms with van der Waals surface area (Å²) in [6.45, 7) is 4.94. The van der Waals surface area contributed by atoms with Gasteiger partial charge in [-0.2, -0.15) is 0 Å². The largest absolute Gasteiger partial charge is 0.453 e. The van der Waals surface area contributed by atoms with Crippen LogP contribution in [0.1, 0.15) is 37.9 Å². The van der Waals surface area contributed by atoms with Crippen LogP contribution in [0.4, 0.5) is 4.79 Å². The molecule has 0 spiro atoms. The molecule has 184 valence electrons. The van der Waals surface area contributed by atoms with E-state index in [0.717, 1.165) is 36.5 Å². The molecule has 10 heteroatoms. The number of imidazole rings is 1. The number of nitrogens with one attached hydrogen (secondary N) is 2. The third kappa shape index (κ3) is 5.71. The number of rotatable bonds is 9. The van der Waals surface area contributed by atoms with E-state index in [9.17, 15) is 9.59 Å². The summed E-state index contributed by atoms with van der Waals surface area (Å²) in [4.78, 5) is 31.6. The number of carbonyl (C=O) groups is 2. The van der Waals surface area contributed by atoms with Crippen LogP contribution in [0.25, 0.3) is 11.4 Å². The Bertz CT molecular complexity index is 1000. The molecule has 0 bridgehead atoms. The predicted octanol–water partition coefficient (Wildman–Crippen LogP) is 2.99. The van der Waals surface area contributed by atoms with Crippen LogP contribution >= 0.6 is 11.6 Å². The number of halogens is 1. The molecule has 2 atom stereocenters. The molecule has 2 aliphatic rings. The van der Waals surface area contributed by atoms with Crippen molar-refractivity contribution in [3.05, 3.63) is 41.2 Å². The lowest BCUT2D eigenvalue weighted by atomic mass is 10.1. The Morgan fingerprint density at radius 2 is 2.18 bits per heavy atom. The van der Waals surface area contributed by atoms with Gasteiger partial charge in [0, 0.05) is 44.0 Å². The SMILES string of the molecule is COC(=O)NCCCn1cc([C@@H](C)N(C(=O)[C@H]2CNCCO2)C2CC2)nc1-c1ccccc1Cl. The van der Waals surface area contributed by atoms with Crippen molar-refractivity contribution < 1.29 is 19.1 Å². The fraction of sp³-hybridized carbons (Fsp3) is 0.542. The second kappa shape index (κ2) is 11.2. The molecule has 9 nitrogen and oxygen atoms in total. The zero-order valence-electron chi connectivity index (χ0n) is 19.6. The molecule has 1 aromatic carbocycles. The molecule has 2 fully saturated rings. The fourth-order valence-electron chi connectivity index (χ4n) is 4.25. The molecule has 2 aromatic rings. The van der Waals surface area contributed by atoms with Crippen LogP contribution in [0.15, 0.2) is 30.5 Å². The van der Waals surface area contributed by atoms with Crippen molar-refractivity contribution in [3.8, 4) is 11.4 Å². The number of aryl methyl sites for hydroxylation is 1. The van der Waals surface area contributed by atoms with Gasteiger partial charge >= 0.3 is 6.09 Å². The van der Waals surface area contributed by atoms with Crippen molar-refractivity contribution in [1.29, 1.82) is 0 Å². The predicted molar refractivity (Wildman–Crippen MR) is 129 cm³/mol. The number of alkyl carbamates (subject to hydrolysis) is 1. The zero-order chi connectivity index (χ0) is 24.1. The summed E-state index contributed by atoms with van der Waals surface area (Å²) in [7, 11) is 1.34. The first-order valence-corrected chi connectivity index (χ1v) is 12.2. The van der Waals surface area contributed by atoms with Crippen molar-refractivity contribution in [1.82, 2.24) is 25.1 Å². The van der Waals surface area contributed by atoms with Gasteiger partial charge in [0.25, 0.3) is 5.91 Å². The first-order chi connectivity index (χ1) is 16.5. The van der Waals surface area contributed by atoms with Gasteiger partial charge in [-0.25, -0.2) is 9.78 Å². The fourth-order valence-corrected chi connectivity index (χ4v) is 4.47. The second-order valence-corrected chi connectivity index (χ2v) is 9.06. The summed E-state index contributed by atoms with van der Waals surface area (Å²) >= 11 is 6.50. The maximum Gasteiger partial charge on any atom is 0.406 e. The number of benzene rings is 1. The summed E-state index contributed by atoms with van der Waals surface area (Å²) < 4.78 is 12.4. The first kappa shape index (κ1) is 24.5. The standard InChI is InChI=1S/C24H32ClN5O4/c1-16(30(17-8-9-17)23(31)21-14-26-11-13-34-21)20-15-29(12-5-10-27-24(32)33-2)22(28-20)18-6-3-4-7-19(18)25/h3-4,6-7,15-17,21,26H,5,8-14H2,1-2H3,(H,27,32)/t16-,21-/m1/s1. The summed E-state index contributed by atoms with van der Waals surface area (Å²) in [5.41, 5.74) is 1.63. The van der Waals surface area contributed by atoms with Crippen molar-refractivity contribution in [2.24, 2.45) is 0 Å². The Kier molecular flexibility index (Phi) is 8.07. The van der Waals surface area contributed by atoms with Crippen molar-refractivity contribution >= 4 is 23.6 Å². The summed E-state index contributed by atoms with van der Waals surface area (Å²) in [5.74, 6) is 0.752. The summed E-state index contributed by atoms with van der Waals surface area (Å²) in [6.07, 6.45) is 3.74. The number of nitrogens with zero attached hydrogens (tertiary/aromatic N) is 3. The van der Waals surface area contributed by atoms with Crippen molar-refractivity contribution in [2.75, 3.05) is 33.4 Å². The summed E-state index contributed by atoms with van der Waals surface area (Å²) in [5, 5.41) is 6.56. The highest BCUT2D eigenvalue weighted by atomic mass is 35.5. The molecule has 1 saturated carbocycles. The van der Waals surface area contributed by atoms with Gasteiger partial charge in [0.15, 0.2) is 0 Å². The molecule has 0 radical (unpaired) electrons. The molecular weight excluding hydrogens is 458 g/mol. The number of hydrogen-bond donors (Lipinski definition) is 2. The summed E-state index contributed by atoms with van der Waals surface area (Å²) in [6, 6.07) is 7.59. The van der Waals surface area contributed by atoms with E-state index in [1.54, 1.807) is 0 Å². The van der Waals surface area contributed by atoms with Crippen LogP contribution in [0.2, 0.25) is 5.02 Å². The number of ether oxygens (including phenoxy) is 2. The van der Waals surface area contributed by atoms with Crippen molar-refractivity contribution in [3.63, 3.8) is 0 Å². The van der Waals surface area contributed by atoms with Gasteiger partial charge in [-0.15, -0.1) is 0 Å². The minimum absolute atomic E-state index is 0.0123. The normalized spacial score (nSPS) is 18.9. The average molecular weight is 490 g/mol. The molecule has 34 heavy (non-hydrogen) atoms. The molecule has 1 aliphatic carbocycles. The lowest BCUT2D eigenvalue weighted by molar-refractivity contribution is -0.148. The Balaban J connectivity index is 1.58. The maximum absolute atomic E-state index is 13.4. The number of morpholine rings is 1. The molecule has 0 unspecified atom stereocenters. The van der Waals surface area contributed by atoms with Gasteiger partial charge in [-0.05, 0) is 38.3 Å². The first-order valence-electron chi connectivity index (χ1n) is 11.8. The van der Waals surface area contributed by atoms with Crippen LogP contribution in [-0.2, 0) is 20.8 Å². The third-order valence-electron chi connectivity index (χ3n) is 6.18. The molecular formula is C24H32ClN5O4. The lowest BCUT2D eigenvalue weighted by Gasteiger charge is -2.33. The number of carbonyl (C=O) groups excluding carboxylic acids is 2. The van der Waals surface area contributed by atoms with Gasteiger partial charge < -0.3 is 29.6 Å². The maximum atomic E-state index is 13.4. The lowest BCUT2D eigenvalue weighted by Crippen LogP contribution is -2.50. The Labute approximate surface area is 204 Å². The average Bonchev–Trinajstić information content (AvgIpc) is 3.60. The molecule has 1 saturated heterocycles. The minimum atomic E-state index is -0.466. The Morgan fingerprint density at radius 1 is 1.38 bits per heavy atom. The van der Waals surface area contributed by atoms with Crippen LogP contribution < -0.4 is 10.6 Å². The van der Waals surface area contributed by atoms with E-state index in [-0.39, 0.29) is 18.0 Å². The van der Waals surface area contributed by atoms with E-state index < -0.39 is 12.2 Å². The van der Waals surface area contributed by atoms with Crippen LogP contribution in [-0.4, -0.2) is 71.9 Å². The highest BCUT2D eigenvalue weighted by Gasteiger charge is 2.40. The minimum Gasteiger partial charge on any atom is -0.453 e. The van der Waals surface area contributed by atoms with Crippen LogP contribution in [0, 0.1) is 0 Å². The highest BCUT2D eigenvalue weighted by Crippen LogP contribution is 2.36. The van der Waals surface area contributed by atoms with Gasteiger partial charge in [-0.1, -0.05) is 23.7 Å². The van der Waals surface area contributed by atoms with E-state index >= 15 is 0 Å². The van der Waals surface area contributed by atoms with Gasteiger partial charge in [0.2, 0.25) is 0 Å². The number of methoxy groups -OCH3 is 1. The quantitative estimate of drug-likeness (QED) is 0.525. The third-order valence-corrected chi connectivity index (χ3v) is 6.51. The van der Waals surface area contributed by atoms with E-state index in [1.165, 1.54) is 7.11 Å². The van der Waals surface area contributed by atoms with Crippen molar-refractivity contribution in [2.45, 2.75) is 50.9 Å². The molecule has 1 aromatic heterocycles. The number of hydrogen-bond acceptors (Lipinski definition) is 6. The molecule has 1 aliphatic heterocycles. The molecule has 2 amide bonds. The zero-order valence-corrected chi connectivity index (χ0v) is 20.4. The van der Waals surface area contributed by atoms with Crippen LogP contribution in [0.3, 0.4) is 0 Å². The number of amides is 2. The van der Waals surface area contributed by atoms with Gasteiger partial charge in [0.1, 0.15) is 11.9 Å².